The molecule has 0 aliphatic carbocycles. The Labute approximate surface area is 192 Å². The number of nitrogens with zero attached hydrogens (tertiary/aromatic N) is 1. The third kappa shape index (κ3) is 6.95. The van der Waals surface area contributed by atoms with Gasteiger partial charge in [-0.2, -0.15) is 0 Å². The normalized spacial score (nSPS) is 19.1. The molecular formula is C25H35NO5S. The molecule has 1 aliphatic heterocycles. The fraction of sp³-hybridized carbons (Fsp3) is 0.520. The van der Waals surface area contributed by atoms with Crippen LogP contribution in [-0.4, -0.2) is 62.3 Å². The average Bonchev–Trinajstić information content (AvgIpc) is 3.11. The van der Waals surface area contributed by atoms with E-state index in [-0.39, 0.29) is 29.6 Å². The second kappa shape index (κ2) is 10.2. The lowest BCUT2D eigenvalue weighted by atomic mass is 9.86. The van der Waals surface area contributed by atoms with Crippen LogP contribution in [0.15, 0.2) is 48.5 Å². The van der Waals surface area contributed by atoms with Crippen molar-refractivity contribution in [3.8, 4) is 11.5 Å². The first-order valence-corrected chi connectivity index (χ1v) is 12.9. The highest BCUT2D eigenvalue weighted by Crippen LogP contribution is 2.25. The number of sulfone groups is 1. The molecule has 2 aromatic rings. The van der Waals surface area contributed by atoms with Gasteiger partial charge < -0.3 is 14.6 Å². The van der Waals surface area contributed by atoms with E-state index in [1.165, 1.54) is 5.56 Å². The first kappa shape index (κ1) is 24.6. The molecule has 1 aliphatic rings. The zero-order valence-electron chi connectivity index (χ0n) is 19.5. The highest BCUT2D eigenvalue weighted by molar-refractivity contribution is 7.91. The van der Waals surface area contributed by atoms with Gasteiger partial charge in [0.1, 0.15) is 24.2 Å². The van der Waals surface area contributed by atoms with Crippen molar-refractivity contribution in [2.45, 2.75) is 51.3 Å². The molecule has 0 radical (unpaired) electrons. The number of ether oxygens (including phenoxy) is 2. The van der Waals surface area contributed by atoms with Crippen LogP contribution in [0, 0.1) is 0 Å². The van der Waals surface area contributed by atoms with Crippen LogP contribution < -0.4 is 9.47 Å². The molecule has 0 saturated carbocycles. The van der Waals surface area contributed by atoms with Crippen molar-refractivity contribution in [2.75, 3.05) is 31.8 Å². The maximum Gasteiger partial charge on any atom is 0.151 e. The van der Waals surface area contributed by atoms with Gasteiger partial charge in [0.05, 0.1) is 18.6 Å². The van der Waals surface area contributed by atoms with Crippen LogP contribution in [0.5, 0.6) is 11.5 Å². The van der Waals surface area contributed by atoms with E-state index in [4.69, 9.17) is 9.47 Å². The van der Waals surface area contributed by atoms with E-state index in [0.29, 0.717) is 25.3 Å². The summed E-state index contributed by atoms with van der Waals surface area (Å²) in [6.07, 6.45) is -0.150. The molecule has 6 nitrogen and oxygen atoms in total. The van der Waals surface area contributed by atoms with Crippen LogP contribution in [0.25, 0.3) is 0 Å². The van der Waals surface area contributed by atoms with Gasteiger partial charge in [0.15, 0.2) is 9.84 Å². The Kier molecular flexibility index (Phi) is 7.85. The molecule has 32 heavy (non-hydrogen) atoms. The molecule has 1 heterocycles. The minimum atomic E-state index is -3.02. The van der Waals surface area contributed by atoms with Gasteiger partial charge in [-0.3, -0.25) is 4.90 Å². The van der Waals surface area contributed by atoms with Crippen molar-refractivity contribution in [2.24, 2.45) is 0 Å². The number of hydrogen-bond acceptors (Lipinski definition) is 6. The monoisotopic (exact) mass is 461 g/mol. The van der Waals surface area contributed by atoms with E-state index in [9.17, 15) is 13.5 Å². The second-order valence-electron chi connectivity index (χ2n) is 9.57. The lowest BCUT2D eigenvalue weighted by Crippen LogP contribution is -2.42. The Hall–Kier alpha value is -2.09. The van der Waals surface area contributed by atoms with E-state index < -0.39 is 15.9 Å². The van der Waals surface area contributed by atoms with Gasteiger partial charge in [-0.25, -0.2) is 8.42 Å². The summed E-state index contributed by atoms with van der Waals surface area (Å²) in [4.78, 5) is 2.08. The van der Waals surface area contributed by atoms with Crippen molar-refractivity contribution in [1.82, 2.24) is 4.90 Å². The molecule has 0 spiro atoms. The van der Waals surface area contributed by atoms with E-state index >= 15 is 0 Å². The van der Waals surface area contributed by atoms with Crippen LogP contribution in [-0.2, 0) is 21.8 Å². The molecule has 2 unspecified atom stereocenters. The molecule has 0 aromatic heterocycles. The SMILES string of the molecule is COc1ccc(OCC(O)CN(Cc2ccc(C(C)(C)C)cc2)C2CCS(=O)(=O)C2)cc1. The molecule has 7 heteroatoms. The van der Waals surface area contributed by atoms with Gasteiger partial charge in [0, 0.05) is 19.1 Å². The minimum Gasteiger partial charge on any atom is -0.497 e. The lowest BCUT2D eigenvalue weighted by Gasteiger charge is -2.30. The molecular weight excluding hydrogens is 426 g/mol. The first-order valence-electron chi connectivity index (χ1n) is 11.0. The molecule has 1 saturated heterocycles. The van der Waals surface area contributed by atoms with Gasteiger partial charge in [-0.05, 0) is 47.2 Å². The summed E-state index contributed by atoms with van der Waals surface area (Å²) in [6.45, 7) is 7.59. The van der Waals surface area contributed by atoms with Crippen LogP contribution >= 0.6 is 0 Å². The maximum atomic E-state index is 12.1. The van der Waals surface area contributed by atoms with Gasteiger partial charge in [-0.1, -0.05) is 45.0 Å². The van der Waals surface area contributed by atoms with Crippen molar-refractivity contribution in [3.05, 3.63) is 59.7 Å². The Morgan fingerprint density at radius 1 is 1.06 bits per heavy atom. The molecule has 0 amide bonds. The van der Waals surface area contributed by atoms with E-state index in [1.54, 1.807) is 31.4 Å². The molecule has 2 aromatic carbocycles. The number of aliphatic hydroxyl groups is 1. The lowest BCUT2D eigenvalue weighted by molar-refractivity contribution is 0.0524. The largest absolute Gasteiger partial charge is 0.497 e. The summed E-state index contributed by atoms with van der Waals surface area (Å²) in [5.74, 6) is 1.73. The Balaban J connectivity index is 1.65. The average molecular weight is 462 g/mol. The maximum absolute atomic E-state index is 12.1. The van der Waals surface area contributed by atoms with Crippen molar-refractivity contribution >= 4 is 9.84 Å². The Bertz CT molecular complexity index is 965. The fourth-order valence-corrected chi connectivity index (χ4v) is 5.70. The third-order valence-corrected chi connectivity index (χ3v) is 7.63. The highest BCUT2D eigenvalue weighted by Gasteiger charge is 2.33. The van der Waals surface area contributed by atoms with E-state index in [1.807, 2.05) is 0 Å². The number of rotatable bonds is 9. The minimum absolute atomic E-state index is 0.0761. The third-order valence-electron chi connectivity index (χ3n) is 5.88. The molecule has 176 valence electrons. The summed E-state index contributed by atoms with van der Waals surface area (Å²) >= 11 is 0. The number of benzene rings is 2. The Morgan fingerprint density at radius 3 is 2.22 bits per heavy atom. The highest BCUT2D eigenvalue weighted by atomic mass is 32.2. The zero-order chi connectivity index (χ0) is 23.4. The molecule has 1 fully saturated rings. The predicted molar refractivity (Wildman–Crippen MR) is 127 cm³/mol. The van der Waals surface area contributed by atoms with Gasteiger partial charge in [-0.15, -0.1) is 0 Å². The van der Waals surface area contributed by atoms with Crippen molar-refractivity contribution < 1.29 is 23.0 Å². The topological polar surface area (TPSA) is 76.1 Å². The van der Waals surface area contributed by atoms with Gasteiger partial charge in [0.2, 0.25) is 0 Å². The van der Waals surface area contributed by atoms with Gasteiger partial charge >= 0.3 is 0 Å². The number of aliphatic hydroxyl groups excluding tert-OH is 1. The smallest absolute Gasteiger partial charge is 0.151 e. The summed E-state index contributed by atoms with van der Waals surface area (Å²) < 4.78 is 35.0. The second-order valence-corrected chi connectivity index (χ2v) is 11.8. The number of hydrogen-bond donors (Lipinski definition) is 1. The van der Waals surface area contributed by atoms with E-state index in [0.717, 1.165) is 11.3 Å². The van der Waals surface area contributed by atoms with Crippen LogP contribution in [0.4, 0.5) is 0 Å². The molecule has 3 rings (SSSR count). The van der Waals surface area contributed by atoms with Gasteiger partial charge in [0.25, 0.3) is 0 Å². The van der Waals surface area contributed by atoms with Crippen LogP contribution in [0.1, 0.15) is 38.3 Å². The predicted octanol–water partition coefficient (Wildman–Crippen LogP) is 3.42. The Morgan fingerprint density at radius 2 is 1.69 bits per heavy atom. The number of methoxy groups -OCH3 is 1. The summed E-state index contributed by atoms with van der Waals surface area (Å²) in [5, 5.41) is 10.7. The van der Waals surface area contributed by atoms with Crippen LogP contribution in [0.2, 0.25) is 0 Å². The van der Waals surface area contributed by atoms with Crippen molar-refractivity contribution in [3.63, 3.8) is 0 Å². The molecule has 0 bridgehead atoms. The summed E-state index contributed by atoms with van der Waals surface area (Å²) in [5.41, 5.74) is 2.43. The van der Waals surface area contributed by atoms with E-state index in [2.05, 4.69) is 49.9 Å². The zero-order valence-corrected chi connectivity index (χ0v) is 20.3. The molecule has 2 atom stereocenters. The standard InChI is InChI=1S/C25H35NO5S/c1-25(2,3)20-7-5-19(6-8-20)15-26(21-13-14-32(28,29)18-21)16-22(27)17-31-24-11-9-23(30-4)10-12-24/h5-12,21-22,27H,13-18H2,1-4H3. The van der Waals surface area contributed by atoms with Crippen LogP contribution in [0.3, 0.4) is 0 Å². The van der Waals surface area contributed by atoms with Crippen molar-refractivity contribution in [1.29, 1.82) is 0 Å². The quantitative estimate of drug-likeness (QED) is 0.617. The first-order chi connectivity index (χ1) is 15.1. The molecule has 1 N–H and O–H groups in total. The fourth-order valence-electron chi connectivity index (χ4n) is 3.94. The summed E-state index contributed by atoms with van der Waals surface area (Å²) in [6, 6.07) is 15.5. The summed E-state index contributed by atoms with van der Waals surface area (Å²) in [7, 11) is -1.42.